The van der Waals surface area contributed by atoms with Crippen molar-refractivity contribution in [2.24, 2.45) is 0 Å². The Bertz CT molecular complexity index is 526. The monoisotopic (exact) mass is 301 g/mol. The molecule has 0 saturated carbocycles. The van der Waals surface area contributed by atoms with Gasteiger partial charge in [0.15, 0.2) is 5.78 Å². The van der Waals surface area contributed by atoms with E-state index >= 15 is 0 Å². The van der Waals surface area contributed by atoms with Gasteiger partial charge in [-0.05, 0) is 30.7 Å². The molecular formula is C13H13Cl2NO3. The number of rotatable bonds is 3. The van der Waals surface area contributed by atoms with E-state index in [4.69, 9.17) is 27.9 Å². The number of amides is 1. The zero-order valence-corrected chi connectivity index (χ0v) is 12.0. The molecule has 1 aromatic carbocycles. The number of carbonyl (C=O) groups excluding carboxylic acids is 2. The van der Waals surface area contributed by atoms with E-state index < -0.39 is 11.5 Å². The number of Topliss-reactive ketones (excluding diaryl/α,β-unsaturated/α-hetero) is 1. The Morgan fingerprint density at radius 1 is 1.26 bits per heavy atom. The molecule has 1 fully saturated rings. The Kier molecular flexibility index (Phi) is 3.85. The number of methoxy groups -OCH3 is 1. The van der Waals surface area contributed by atoms with Gasteiger partial charge in [0.25, 0.3) is 0 Å². The highest BCUT2D eigenvalue weighted by Crippen LogP contribution is 2.32. The van der Waals surface area contributed by atoms with Crippen LogP contribution in [0.3, 0.4) is 0 Å². The second-order valence-corrected chi connectivity index (χ2v) is 5.63. The Morgan fingerprint density at radius 3 is 2.37 bits per heavy atom. The second-order valence-electron chi connectivity index (χ2n) is 4.75. The highest BCUT2D eigenvalue weighted by Gasteiger charge is 2.50. The SMILES string of the molecule is COCC1(C)NC(=O)C(c2cc(Cl)cc(Cl)c2)C1=O. The lowest BCUT2D eigenvalue weighted by atomic mass is 9.89. The van der Waals surface area contributed by atoms with Crippen LogP contribution in [0.1, 0.15) is 18.4 Å². The Balaban J connectivity index is 2.40. The molecule has 1 N–H and O–H groups in total. The van der Waals surface area contributed by atoms with Crippen LogP contribution in [-0.2, 0) is 14.3 Å². The van der Waals surface area contributed by atoms with E-state index in [9.17, 15) is 9.59 Å². The van der Waals surface area contributed by atoms with E-state index in [1.54, 1.807) is 25.1 Å². The Labute approximate surface area is 121 Å². The smallest absolute Gasteiger partial charge is 0.236 e. The summed E-state index contributed by atoms with van der Waals surface area (Å²) in [6.07, 6.45) is 0. The number of ketones is 1. The molecule has 1 heterocycles. The number of hydrogen-bond acceptors (Lipinski definition) is 3. The van der Waals surface area contributed by atoms with Crippen molar-refractivity contribution in [1.29, 1.82) is 0 Å². The molecule has 0 bridgehead atoms. The number of nitrogens with one attached hydrogen (secondary N) is 1. The number of carbonyl (C=O) groups is 2. The number of ether oxygens (including phenoxy) is 1. The van der Waals surface area contributed by atoms with E-state index in [2.05, 4.69) is 5.32 Å². The van der Waals surface area contributed by atoms with Crippen LogP contribution >= 0.6 is 23.2 Å². The normalized spacial score (nSPS) is 26.6. The lowest BCUT2D eigenvalue weighted by Crippen LogP contribution is -2.47. The quantitative estimate of drug-likeness (QED) is 0.871. The van der Waals surface area contributed by atoms with E-state index in [-0.39, 0.29) is 18.3 Å². The molecule has 2 unspecified atom stereocenters. The molecule has 2 atom stereocenters. The first kappa shape index (κ1) is 14.3. The zero-order chi connectivity index (χ0) is 14.2. The summed E-state index contributed by atoms with van der Waals surface area (Å²) in [6, 6.07) is 4.71. The van der Waals surface area contributed by atoms with Crippen molar-refractivity contribution in [2.45, 2.75) is 18.4 Å². The van der Waals surface area contributed by atoms with Crippen molar-refractivity contribution in [3.63, 3.8) is 0 Å². The summed E-state index contributed by atoms with van der Waals surface area (Å²) in [7, 11) is 1.48. The third-order valence-corrected chi connectivity index (χ3v) is 3.55. The molecule has 1 saturated heterocycles. The van der Waals surface area contributed by atoms with Crippen molar-refractivity contribution in [2.75, 3.05) is 13.7 Å². The first-order valence-corrected chi connectivity index (χ1v) is 6.44. The summed E-state index contributed by atoms with van der Waals surface area (Å²) in [5.41, 5.74) is -0.509. The Morgan fingerprint density at radius 2 is 1.84 bits per heavy atom. The molecule has 102 valence electrons. The second kappa shape index (κ2) is 5.12. The predicted octanol–water partition coefficient (Wildman–Crippen LogP) is 2.18. The maximum atomic E-state index is 12.4. The molecule has 4 nitrogen and oxygen atoms in total. The van der Waals surface area contributed by atoms with Gasteiger partial charge in [-0.1, -0.05) is 23.2 Å². The van der Waals surface area contributed by atoms with Crippen LogP contribution in [0.25, 0.3) is 0 Å². The van der Waals surface area contributed by atoms with Crippen molar-refractivity contribution >= 4 is 34.9 Å². The molecule has 0 radical (unpaired) electrons. The zero-order valence-electron chi connectivity index (χ0n) is 10.5. The van der Waals surface area contributed by atoms with Gasteiger partial charge in [0.2, 0.25) is 5.91 Å². The van der Waals surface area contributed by atoms with Gasteiger partial charge in [0.05, 0.1) is 6.61 Å². The molecule has 1 aliphatic heterocycles. The average molecular weight is 302 g/mol. The maximum Gasteiger partial charge on any atom is 0.236 e. The number of hydrogen-bond donors (Lipinski definition) is 1. The predicted molar refractivity (Wildman–Crippen MR) is 72.6 cm³/mol. The standard InChI is InChI=1S/C13H13Cl2NO3/c1-13(6-19-2)11(17)10(12(18)16-13)7-3-8(14)5-9(15)4-7/h3-5,10H,6H2,1-2H3,(H,16,18). The topological polar surface area (TPSA) is 55.4 Å². The van der Waals surface area contributed by atoms with Crippen LogP contribution in [0, 0.1) is 0 Å². The van der Waals surface area contributed by atoms with Gasteiger partial charge in [0, 0.05) is 17.2 Å². The third kappa shape index (κ3) is 2.61. The number of benzene rings is 1. The van der Waals surface area contributed by atoms with Crippen LogP contribution in [0.2, 0.25) is 10.0 Å². The highest BCUT2D eigenvalue weighted by molar-refractivity contribution is 6.35. The van der Waals surface area contributed by atoms with Gasteiger partial charge >= 0.3 is 0 Å². The van der Waals surface area contributed by atoms with Gasteiger partial charge in [0.1, 0.15) is 11.5 Å². The molecule has 0 aliphatic carbocycles. The average Bonchev–Trinajstić information content (AvgIpc) is 2.48. The molecule has 1 amide bonds. The van der Waals surface area contributed by atoms with Crippen LogP contribution in [0.5, 0.6) is 0 Å². The third-order valence-electron chi connectivity index (χ3n) is 3.12. The van der Waals surface area contributed by atoms with Gasteiger partial charge in [-0.2, -0.15) is 0 Å². The first-order valence-electron chi connectivity index (χ1n) is 5.68. The minimum Gasteiger partial charge on any atom is -0.382 e. The van der Waals surface area contributed by atoms with Gasteiger partial charge < -0.3 is 10.1 Å². The van der Waals surface area contributed by atoms with Crippen LogP contribution in [0.15, 0.2) is 18.2 Å². The lowest BCUT2D eigenvalue weighted by Gasteiger charge is -2.20. The maximum absolute atomic E-state index is 12.4. The van der Waals surface area contributed by atoms with Crippen molar-refractivity contribution in [1.82, 2.24) is 5.32 Å². The van der Waals surface area contributed by atoms with Crippen molar-refractivity contribution in [3.8, 4) is 0 Å². The molecule has 0 aromatic heterocycles. The van der Waals surface area contributed by atoms with Crippen LogP contribution < -0.4 is 5.32 Å². The first-order chi connectivity index (χ1) is 8.87. The van der Waals surface area contributed by atoms with Gasteiger partial charge in [-0.3, -0.25) is 9.59 Å². The summed E-state index contributed by atoms with van der Waals surface area (Å²) >= 11 is 11.8. The molecule has 2 rings (SSSR count). The summed E-state index contributed by atoms with van der Waals surface area (Å²) in [4.78, 5) is 24.4. The van der Waals surface area contributed by atoms with E-state index in [0.717, 1.165) is 0 Å². The Hall–Kier alpha value is -1.10. The highest BCUT2D eigenvalue weighted by atomic mass is 35.5. The van der Waals surface area contributed by atoms with E-state index in [1.165, 1.54) is 7.11 Å². The van der Waals surface area contributed by atoms with Crippen LogP contribution in [-0.4, -0.2) is 30.9 Å². The summed E-state index contributed by atoms with van der Waals surface area (Å²) < 4.78 is 4.99. The van der Waals surface area contributed by atoms with E-state index in [0.29, 0.717) is 15.6 Å². The fraction of sp³-hybridized carbons (Fsp3) is 0.385. The van der Waals surface area contributed by atoms with E-state index in [1.807, 2.05) is 0 Å². The molecular weight excluding hydrogens is 289 g/mol. The molecule has 19 heavy (non-hydrogen) atoms. The molecule has 6 heteroatoms. The minimum atomic E-state index is -1.01. The fourth-order valence-electron chi connectivity index (χ4n) is 2.28. The number of halogens is 2. The largest absolute Gasteiger partial charge is 0.382 e. The van der Waals surface area contributed by atoms with Crippen molar-refractivity contribution in [3.05, 3.63) is 33.8 Å². The van der Waals surface area contributed by atoms with Gasteiger partial charge in [-0.25, -0.2) is 0 Å². The molecule has 1 aromatic rings. The van der Waals surface area contributed by atoms with Crippen molar-refractivity contribution < 1.29 is 14.3 Å². The minimum absolute atomic E-state index is 0.127. The summed E-state index contributed by atoms with van der Waals surface area (Å²) in [5, 5.41) is 3.45. The van der Waals surface area contributed by atoms with Crippen LogP contribution in [0.4, 0.5) is 0 Å². The molecule has 1 aliphatic rings. The summed E-state index contributed by atoms with van der Waals surface area (Å²) in [5.74, 6) is -1.49. The lowest BCUT2D eigenvalue weighted by molar-refractivity contribution is -0.125. The summed E-state index contributed by atoms with van der Waals surface area (Å²) in [6.45, 7) is 1.77. The van der Waals surface area contributed by atoms with Gasteiger partial charge in [-0.15, -0.1) is 0 Å². The fourth-order valence-corrected chi connectivity index (χ4v) is 2.83. The molecule has 0 spiro atoms.